The van der Waals surface area contributed by atoms with E-state index in [4.69, 9.17) is 21.3 Å². The van der Waals surface area contributed by atoms with Crippen molar-refractivity contribution in [2.75, 3.05) is 22.9 Å². The Morgan fingerprint density at radius 2 is 1.01 bits per heavy atom. The molecule has 10 rings (SSSR count). The number of imide groups is 2. The maximum absolute atomic E-state index is 13.6. The number of nitriles is 1. The predicted molar refractivity (Wildman–Crippen MR) is 248 cm³/mol. The molecule has 6 fully saturated rings. The number of amides is 4. The van der Waals surface area contributed by atoms with E-state index in [0.717, 1.165) is 34.1 Å². The van der Waals surface area contributed by atoms with E-state index in [-0.39, 0.29) is 47.1 Å². The first-order chi connectivity index (χ1) is 34.7. The lowest BCUT2D eigenvalue weighted by Gasteiger charge is -2.31. The Balaban J connectivity index is 0.000000182. The van der Waals surface area contributed by atoms with Gasteiger partial charge in [0.25, 0.3) is 0 Å². The predicted octanol–water partition coefficient (Wildman–Crippen LogP) is 7.42. The third-order valence-corrected chi connectivity index (χ3v) is 18.1. The summed E-state index contributed by atoms with van der Waals surface area (Å²) in [5, 5.41) is 9.07. The first kappa shape index (κ1) is 52.3. The number of carbonyl (C=O) groups is 4. The first-order valence-corrected chi connectivity index (χ1v) is 26.1. The van der Waals surface area contributed by atoms with Crippen LogP contribution >= 0.6 is 0 Å². The summed E-state index contributed by atoms with van der Waals surface area (Å²) in [4.78, 5) is 58.6. The number of hydrogen-bond donors (Lipinski definition) is 2. The summed E-state index contributed by atoms with van der Waals surface area (Å²) in [6.45, 7) is 10.3. The molecule has 0 spiro atoms. The Labute approximate surface area is 420 Å². The van der Waals surface area contributed by atoms with E-state index in [1.54, 1.807) is 50.2 Å². The van der Waals surface area contributed by atoms with E-state index in [1.807, 2.05) is 0 Å². The number of sulfonamides is 2. The van der Waals surface area contributed by atoms with E-state index < -0.39 is 124 Å². The number of nitrogens with zero attached hydrogens (tertiary/aromatic N) is 4. The number of alkyl halides is 6. The number of benzene rings is 4. The Hall–Kier alpha value is -6.54. The Bertz CT molecular complexity index is 3100. The summed E-state index contributed by atoms with van der Waals surface area (Å²) in [6.07, 6.45) is -7.82. The fraction of sp³-hybridized carbons (Fsp3) is 0.400. The van der Waals surface area contributed by atoms with Crippen LogP contribution in [-0.2, 0) is 61.1 Å². The molecule has 4 aromatic carbocycles. The average Bonchev–Trinajstić information content (AvgIpc) is 4.15. The second-order valence-corrected chi connectivity index (χ2v) is 23.0. The van der Waals surface area contributed by atoms with Gasteiger partial charge in [0.2, 0.25) is 43.7 Å². The molecule has 4 bridgehead atoms. The highest BCUT2D eigenvalue weighted by Crippen LogP contribution is 2.64. The molecular formula is C50H44F6N6O10S2. The van der Waals surface area contributed by atoms with E-state index >= 15 is 0 Å². The molecular weight excluding hydrogens is 1020 g/mol. The molecule has 16 nitrogen and oxygen atoms in total. The molecule has 0 aliphatic carbocycles. The number of fused-ring (bicyclic) bond motifs is 10. The average molecular weight is 1070 g/mol. The molecule has 0 aromatic heterocycles. The Kier molecular flexibility index (Phi) is 12.8. The van der Waals surface area contributed by atoms with Gasteiger partial charge in [-0.15, -0.1) is 0 Å². The van der Waals surface area contributed by atoms with Crippen LogP contribution in [0.15, 0.2) is 107 Å². The number of nitrogens with one attached hydrogen (secondary N) is 2. The zero-order valence-electron chi connectivity index (χ0n) is 39.2. The van der Waals surface area contributed by atoms with Crippen LogP contribution in [0.2, 0.25) is 0 Å². The molecule has 0 radical (unpaired) electrons. The van der Waals surface area contributed by atoms with Crippen molar-refractivity contribution in [2.45, 2.75) is 96.9 Å². The van der Waals surface area contributed by atoms with Crippen LogP contribution < -0.4 is 19.2 Å². The summed E-state index contributed by atoms with van der Waals surface area (Å²) in [5.41, 5.74) is -8.53. The third-order valence-electron chi connectivity index (χ3n) is 15.2. The normalized spacial score (nSPS) is 29.0. The van der Waals surface area contributed by atoms with Crippen molar-refractivity contribution in [3.05, 3.63) is 125 Å². The van der Waals surface area contributed by atoms with Crippen LogP contribution in [0.25, 0.3) is 4.85 Å². The summed E-state index contributed by atoms with van der Waals surface area (Å²) in [7, 11) is -7.63. The summed E-state index contributed by atoms with van der Waals surface area (Å²) < 4.78 is 149. The van der Waals surface area contributed by atoms with E-state index in [1.165, 1.54) is 30.3 Å². The molecule has 24 heteroatoms. The van der Waals surface area contributed by atoms with Crippen LogP contribution in [-0.4, -0.2) is 76.0 Å². The monoisotopic (exact) mass is 1070 g/mol. The minimum absolute atomic E-state index is 0.0596. The van der Waals surface area contributed by atoms with Crippen molar-refractivity contribution in [3.8, 4) is 6.07 Å². The van der Waals surface area contributed by atoms with Crippen molar-refractivity contribution in [1.82, 2.24) is 9.44 Å². The Morgan fingerprint density at radius 3 is 1.41 bits per heavy atom. The minimum Gasteiger partial charge on any atom is -0.367 e. The molecule has 6 heterocycles. The van der Waals surface area contributed by atoms with Crippen molar-refractivity contribution in [1.29, 1.82) is 5.26 Å². The van der Waals surface area contributed by atoms with E-state index in [9.17, 15) is 62.4 Å². The molecule has 4 unspecified atom stereocenters. The first-order valence-electron chi connectivity index (χ1n) is 23.1. The number of anilines is 2. The van der Waals surface area contributed by atoms with Crippen LogP contribution in [0.4, 0.5) is 43.4 Å². The smallest absolute Gasteiger partial charge is 0.367 e. The van der Waals surface area contributed by atoms with Gasteiger partial charge in [0.05, 0.1) is 90.9 Å². The molecule has 4 aromatic rings. The molecule has 6 aliphatic rings. The van der Waals surface area contributed by atoms with Crippen LogP contribution in [0.5, 0.6) is 0 Å². The summed E-state index contributed by atoms with van der Waals surface area (Å²) in [6, 6.07) is 22.5. The van der Waals surface area contributed by atoms with Gasteiger partial charge < -0.3 is 9.47 Å². The lowest BCUT2D eigenvalue weighted by Crippen LogP contribution is -2.44. The lowest BCUT2D eigenvalue weighted by molar-refractivity contribution is -0.138. The van der Waals surface area contributed by atoms with Crippen molar-refractivity contribution < 1.29 is 71.8 Å². The summed E-state index contributed by atoms with van der Waals surface area (Å²) >= 11 is 0. The number of hydrogen-bond acceptors (Lipinski definition) is 11. The van der Waals surface area contributed by atoms with Crippen LogP contribution in [0, 0.1) is 41.6 Å². The molecule has 4 amide bonds. The van der Waals surface area contributed by atoms with Crippen molar-refractivity contribution in [3.63, 3.8) is 0 Å². The number of rotatable bonds is 12. The van der Waals surface area contributed by atoms with Gasteiger partial charge in [0.15, 0.2) is 5.69 Å². The quantitative estimate of drug-likeness (QED) is 0.0809. The highest BCUT2D eigenvalue weighted by Gasteiger charge is 2.75. The number of carbonyl (C=O) groups excluding carboxylic acids is 4. The fourth-order valence-corrected chi connectivity index (χ4v) is 14.0. The zero-order valence-corrected chi connectivity index (χ0v) is 40.8. The van der Waals surface area contributed by atoms with Gasteiger partial charge in [0.1, 0.15) is 0 Å². The Morgan fingerprint density at radius 1 is 0.622 bits per heavy atom. The topological polar surface area (TPSA) is 214 Å². The van der Waals surface area contributed by atoms with Gasteiger partial charge in [-0.3, -0.25) is 19.2 Å². The van der Waals surface area contributed by atoms with E-state index in [0.29, 0.717) is 37.8 Å². The maximum atomic E-state index is 13.6. The minimum atomic E-state index is -4.85. The van der Waals surface area contributed by atoms with Crippen molar-refractivity contribution >= 4 is 60.7 Å². The lowest BCUT2D eigenvalue weighted by atomic mass is 9.67. The molecule has 74 heavy (non-hydrogen) atoms. The number of halogens is 6. The molecule has 2 N–H and O–H groups in total. The fourth-order valence-electron chi connectivity index (χ4n) is 11.9. The summed E-state index contributed by atoms with van der Waals surface area (Å²) in [5.74, 6) is -6.46. The highest BCUT2D eigenvalue weighted by atomic mass is 32.2. The molecule has 8 atom stereocenters. The maximum Gasteiger partial charge on any atom is 0.417 e. The molecule has 0 saturated carbocycles. The van der Waals surface area contributed by atoms with Gasteiger partial charge in [-0.25, -0.2) is 40.9 Å². The van der Waals surface area contributed by atoms with Gasteiger partial charge in [-0.1, -0.05) is 42.5 Å². The zero-order chi connectivity index (χ0) is 53.6. The van der Waals surface area contributed by atoms with Crippen LogP contribution in [0.1, 0.15) is 69.1 Å². The highest BCUT2D eigenvalue weighted by molar-refractivity contribution is 7.89. The second kappa shape index (κ2) is 18.1. The van der Waals surface area contributed by atoms with Crippen LogP contribution in [0.3, 0.4) is 0 Å². The van der Waals surface area contributed by atoms with Crippen molar-refractivity contribution in [2.24, 2.45) is 23.7 Å². The SMILES string of the molecule is CC12CCC(CCNS(=O)(=O)c3ccccc3)(O1)[C@H]1C(=O)N(c3ccc(C#N)c(C(F)(F)F)c3)C(=O)[C@H]12.[C-]#[N+]c1ccc(N2C(=O)[C@@H]3[C@H](C2=O)C2(C)CCC3(CCNS(=O)(=O)c3ccccc3)O2)cc1C(F)(F)F. The standard InChI is InChI=1S/2C25H22F3N3O5S/c1-23-10-11-24(36-23,12-13-30-37(34,35)16-6-4-3-5-7-16)20-19(23)21(32)31(22(20)33)15-8-9-18(29-2)17(14-15)25(26,27)28;1-23-9-10-24(36-23,11-12-30-37(34,35)17-5-3-2-4-6-17)20-19(23)21(32)31(22(20)33)16-8-7-15(14-29)18(13-16)25(26,27)28/h3-9,14,19-20,30H,10-13H2,1H3;2-8,13,19-20,30H,9-12H2,1H3/t2*19-,20+,23?,24?/m10/s1. The molecule has 6 saturated heterocycles. The third kappa shape index (κ3) is 8.64. The van der Waals surface area contributed by atoms with Gasteiger partial charge in [-0.2, -0.15) is 31.6 Å². The van der Waals surface area contributed by atoms with E-state index in [2.05, 4.69) is 14.3 Å². The van der Waals surface area contributed by atoms with Gasteiger partial charge in [0, 0.05) is 18.8 Å². The molecule has 388 valence electrons. The second-order valence-electron chi connectivity index (χ2n) is 19.5. The van der Waals surface area contributed by atoms with Gasteiger partial charge in [-0.05, 0) is 107 Å². The largest absolute Gasteiger partial charge is 0.417 e. The molecule has 6 aliphatic heterocycles. The number of ether oxygens (including phenoxy) is 2. The van der Waals surface area contributed by atoms with Gasteiger partial charge >= 0.3 is 12.4 Å².